The first-order valence-electron chi connectivity index (χ1n) is 4.89. The summed E-state index contributed by atoms with van der Waals surface area (Å²) in [6, 6.07) is 0. The SMILES string of the molecule is CC(C)CC1CCCC(Cl)C1Cl. The molecule has 1 aliphatic carbocycles. The number of alkyl halides is 2. The van der Waals surface area contributed by atoms with E-state index in [-0.39, 0.29) is 10.8 Å². The molecule has 0 amide bonds. The molecular weight excluding hydrogens is 191 g/mol. The van der Waals surface area contributed by atoms with Crippen molar-refractivity contribution < 1.29 is 0 Å². The highest BCUT2D eigenvalue weighted by Crippen LogP contribution is 2.35. The monoisotopic (exact) mass is 208 g/mol. The van der Waals surface area contributed by atoms with E-state index in [0.29, 0.717) is 5.92 Å². The predicted octanol–water partition coefficient (Wildman–Crippen LogP) is 4.05. The molecule has 2 heteroatoms. The molecule has 3 atom stereocenters. The Hall–Kier alpha value is 0.580. The number of rotatable bonds is 2. The summed E-state index contributed by atoms with van der Waals surface area (Å²) in [5.41, 5.74) is 0. The molecule has 1 aliphatic rings. The van der Waals surface area contributed by atoms with E-state index in [1.807, 2.05) is 0 Å². The van der Waals surface area contributed by atoms with E-state index in [1.54, 1.807) is 0 Å². The minimum atomic E-state index is 0.211. The molecule has 0 N–H and O–H groups in total. The maximum atomic E-state index is 6.25. The molecule has 0 spiro atoms. The fraction of sp³-hybridized carbons (Fsp3) is 1.00. The lowest BCUT2D eigenvalue weighted by Crippen LogP contribution is -2.30. The molecule has 72 valence electrons. The lowest BCUT2D eigenvalue weighted by Gasteiger charge is -2.31. The smallest absolute Gasteiger partial charge is 0.0528 e. The molecule has 0 aromatic heterocycles. The number of halogens is 2. The first-order chi connectivity index (χ1) is 5.61. The third-order valence-corrected chi connectivity index (χ3v) is 3.90. The third-order valence-electron chi connectivity index (χ3n) is 2.62. The second-order valence-corrected chi connectivity index (χ2v) is 5.35. The van der Waals surface area contributed by atoms with E-state index in [4.69, 9.17) is 23.2 Å². The Balaban J connectivity index is 2.41. The van der Waals surface area contributed by atoms with Crippen LogP contribution < -0.4 is 0 Å². The number of hydrogen-bond acceptors (Lipinski definition) is 0. The first-order valence-corrected chi connectivity index (χ1v) is 5.76. The van der Waals surface area contributed by atoms with E-state index in [2.05, 4.69) is 13.8 Å². The normalized spacial score (nSPS) is 37.2. The summed E-state index contributed by atoms with van der Waals surface area (Å²) in [6.07, 6.45) is 4.87. The van der Waals surface area contributed by atoms with Crippen LogP contribution in [-0.2, 0) is 0 Å². The summed E-state index contributed by atoms with van der Waals surface area (Å²) in [4.78, 5) is 0. The van der Waals surface area contributed by atoms with Gasteiger partial charge in [0, 0.05) is 0 Å². The van der Waals surface area contributed by atoms with Gasteiger partial charge in [0.25, 0.3) is 0 Å². The average Bonchev–Trinajstić information content (AvgIpc) is 1.98. The van der Waals surface area contributed by atoms with Crippen molar-refractivity contribution in [3.63, 3.8) is 0 Å². The molecule has 3 unspecified atom stereocenters. The van der Waals surface area contributed by atoms with Gasteiger partial charge < -0.3 is 0 Å². The Morgan fingerprint density at radius 3 is 2.50 bits per heavy atom. The molecule has 0 nitrogen and oxygen atoms in total. The van der Waals surface area contributed by atoms with Crippen molar-refractivity contribution in [2.45, 2.75) is 50.3 Å². The van der Waals surface area contributed by atoms with Gasteiger partial charge in [-0.15, -0.1) is 23.2 Å². The molecule has 1 rings (SSSR count). The van der Waals surface area contributed by atoms with Gasteiger partial charge in [-0.3, -0.25) is 0 Å². The molecule has 0 aromatic rings. The van der Waals surface area contributed by atoms with Crippen LogP contribution in [0.15, 0.2) is 0 Å². The van der Waals surface area contributed by atoms with Gasteiger partial charge in [0.1, 0.15) is 0 Å². The molecule has 0 aliphatic heterocycles. The highest BCUT2D eigenvalue weighted by atomic mass is 35.5. The predicted molar refractivity (Wildman–Crippen MR) is 56.1 cm³/mol. The average molecular weight is 209 g/mol. The highest BCUT2D eigenvalue weighted by Gasteiger charge is 2.30. The second kappa shape index (κ2) is 4.72. The van der Waals surface area contributed by atoms with Gasteiger partial charge in [-0.2, -0.15) is 0 Å². The van der Waals surface area contributed by atoms with E-state index >= 15 is 0 Å². The van der Waals surface area contributed by atoms with Crippen molar-refractivity contribution in [1.82, 2.24) is 0 Å². The summed E-state index contributed by atoms with van der Waals surface area (Å²) < 4.78 is 0. The van der Waals surface area contributed by atoms with Crippen LogP contribution in [-0.4, -0.2) is 10.8 Å². The van der Waals surface area contributed by atoms with E-state index in [1.165, 1.54) is 19.3 Å². The Morgan fingerprint density at radius 1 is 1.25 bits per heavy atom. The molecule has 1 fully saturated rings. The van der Waals surface area contributed by atoms with Gasteiger partial charge in [0.05, 0.1) is 10.8 Å². The fourth-order valence-electron chi connectivity index (χ4n) is 2.04. The zero-order chi connectivity index (χ0) is 9.14. The zero-order valence-corrected chi connectivity index (χ0v) is 9.41. The molecule has 0 radical (unpaired) electrons. The second-order valence-electron chi connectivity index (χ2n) is 4.28. The van der Waals surface area contributed by atoms with Gasteiger partial charge in [0.15, 0.2) is 0 Å². The van der Waals surface area contributed by atoms with Crippen LogP contribution in [0.4, 0.5) is 0 Å². The largest absolute Gasteiger partial charge is 0.121 e. The summed E-state index contributed by atoms with van der Waals surface area (Å²) in [7, 11) is 0. The maximum absolute atomic E-state index is 6.25. The van der Waals surface area contributed by atoms with Gasteiger partial charge in [0.2, 0.25) is 0 Å². The van der Waals surface area contributed by atoms with Crippen LogP contribution in [0.25, 0.3) is 0 Å². The van der Waals surface area contributed by atoms with Crippen molar-refractivity contribution >= 4 is 23.2 Å². The molecule has 0 heterocycles. The molecular formula is C10H18Cl2. The minimum absolute atomic E-state index is 0.211. The highest BCUT2D eigenvalue weighted by molar-refractivity contribution is 6.30. The van der Waals surface area contributed by atoms with Gasteiger partial charge in [-0.1, -0.05) is 20.3 Å². The quantitative estimate of drug-likeness (QED) is 0.602. The summed E-state index contributed by atoms with van der Waals surface area (Å²) in [5.74, 6) is 1.40. The Kier molecular flexibility index (Phi) is 4.19. The summed E-state index contributed by atoms with van der Waals surface area (Å²) >= 11 is 12.4. The van der Waals surface area contributed by atoms with Crippen molar-refractivity contribution in [3.05, 3.63) is 0 Å². The molecule has 0 bridgehead atoms. The Labute approximate surface area is 85.6 Å². The van der Waals surface area contributed by atoms with Crippen LogP contribution in [0.5, 0.6) is 0 Å². The topological polar surface area (TPSA) is 0 Å². The van der Waals surface area contributed by atoms with Gasteiger partial charge >= 0.3 is 0 Å². The molecule has 0 aromatic carbocycles. The first kappa shape index (κ1) is 10.7. The standard InChI is InChI=1S/C10H18Cl2/c1-7(2)6-8-4-3-5-9(11)10(8)12/h7-10H,3-6H2,1-2H3. The van der Waals surface area contributed by atoms with Crippen molar-refractivity contribution in [2.24, 2.45) is 11.8 Å². The van der Waals surface area contributed by atoms with Crippen LogP contribution in [0.3, 0.4) is 0 Å². The summed E-state index contributed by atoms with van der Waals surface area (Å²) in [6.45, 7) is 4.50. The molecule has 0 saturated heterocycles. The van der Waals surface area contributed by atoms with Crippen LogP contribution in [0.1, 0.15) is 39.5 Å². The minimum Gasteiger partial charge on any atom is -0.121 e. The van der Waals surface area contributed by atoms with Crippen molar-refractivity contribution in [1.29, 1.82) is 0 Å². The Bertz CT molecular complexity index is 134. The molecule has 12 heavy (non-hydrogen) atoms. The Morgan fingerprint density at radius 2 is 1.92 bits per heavy atom. The van der Waals surface area contributed by atoms with Gasteiger partial charge in [-0.05, 0) is 31.1 Å². The lowest BCUT2D eigenvalue weighted by atomic mass is 9.83. The number of hydrogen-bond donors (Lipinski definition) is 0. The van der Waals surface area contributed by atoms with Crippen LogP contribution >= 0.6 is 23.2 Å². The van der Waals surface area contributed by atoms with Crippen LogP contribution in [0.2, 0.25) is 0 Å². The van der Waals surface area contributed by atoms with Crippen molar-refractivity contribution in [2.75, 3.05) is 0 Å². The third kappa shape index (κ3) is 2.81. The summed E-state index contributed by atoms with van der Waals surface area (Å²) in [5, 5.41) is 0.423. The fourth-order valence-corrected chi connectivity index (χ4v) is 2.76. The van der Waals surface area contributed by atoms with E-state index in [9.17, 15) is 0 Å². The zero-order valence-electron chi connectivity index (χ0n) is 7.89. The lowest BCUT2D eigenvalue weighted by molar-refractivity contribution is 0.314. The van der Waals surface area contributed by atoms with E-state index in [0.717, 1.165) is 12.3 Å². The van der Waals surface area contributed by atoms with Gasteiger partial charge in [-0.25, -0.2) is 0 Å². The molecule has 1 saturated carbocycles. The van der Waals surface area contributed by atoms with E-state index < -0.39 is 0 Å². The van der Waals surface area contributed by atoms with Crippen molar-refractivity contribution in [3.8, 4) is 0 Å². The maximum Gasteiger partial charge on any atom is 0.0528 e. The van der Waals surface area contributed by atoms with Crippen LogP contribution in [0, 0.1) is 11.8 Å².